The van der Waals surface area contributed by atoms with E-state index in [2.05, 4.69) is 36.9 Å². The first-order valence-corrected chi connectivity index (χ1v) is 8.42. The van der Waals surface area contributed by atoms with Crippen LogP contribution in [0.3, 0.4) is 0 Å². The molecule has 1 saturated carbocycles. The van der Waals surface area contributed by atoms with Gasteiger partial charge in [0.1, 0.15) is 0 Å². The van der Waals surface area contributed by atoms with Crippen LogP contribution < -0.4 is 5.73 Å². The van der Waals surface area contributed by atoms with Crippen LogP contribution in [0.5, 0.6) is 0 Å². The molecule has 3 atom stereocenters. The molecule has 0 aliphatic heterocycles. The first-order valence-electron chi connectivity index (χ1n) is 8.04. The molecule has 1 aromatic heterocycles. The van der Waals surface area contributed by atoms with Crippen molar-refractivity contribution in [3.8, 4) is 0 Å². The Hall–Kier alpha value is -0.990. The van der Waals surface area contributed by atoms with Crippen LogP contribution in [-0.4, -0.2) is 11.1 Å². The van der Waals surface area contributed by atoms with Crippen LogP contribution in [0.1, 0.15) is 44.1 Å². The average molecular weight is 305 g/mol. The minimum atomic E-state index is 0.470. The summed E-state index contributed by atoms with van der Waals surface area (Å²) in [6.07, 6.45) is 7.61. The second-order valence-electron chi connectivity index (χ2n) is 6.73. The van der Waals surface area contributed by atoms with Crippen molar-refractivity contribution in [3.63, 3.8) is 0 Å². The summed E-state index contributed by atoms with van der Waals surface area (Å²) in [4.78, 5) is 0. The molecule has 0 amide bonds. The third kappa shape index (κ3) is 2.84. The van der Waals surface area contributed by atoms with Gasteiger partial charge >= 0.3 is 0 Å². The lowest BCUT2D eigenvalue weighted by Gasteiger charge is -2.32. The Balaban J connectivity index is 2.01. The van der Waals surface area contributed by atoms with Crippen molar-refractivity contribution in [3.05, 3.63) is 35.0 Å². The van der Waals surface area contributed by atoms with E-state index in [1.165, 1.54) is 42.1 Å². The third-order valence-electron chi connectivity index (χ3n) is 5.18. The van der Waals surface area contributed by atoms with E-state index in [1.54, 1.807) is 0 Å². The molecule has 2 aromatic rings. The standard InChI is InChI=1S/C18H25ClN2/c1-12-4-3-5-13(8-12)16(10-20)17-11-21(2)18-9-14(19)6-7-15(17)18/h6-7,9,11-13,16H,3-5,8,10,20H2,1-2H3. The molecule has 114 valence electrons. The average Bonchev–Trinajstić information content (AvgIpc) is 2.77. The van der Waals surface area contributed by atoms with Gasteiger partial charge in [0.25, 0.3) is 0 Å². The Morgan fingerprint density at radius 1 is 1.38 bits per heavy atom. The second-order valence-corrected chi connectivity index (χ2v) is 7.17. The first-order chi connectivity index (χ1) is 10.1. The van der Waals surface area contributed by atoms with E-state index in [9.17, 15) is 0 Å². The molecule has 1 heterocycles. The summed E-state index contributed by atoms with van der Waals surface area (Å²) in [7, 11) is 2.10. The molecule has 0 spiro atoms. The van der Waals surface area contributed by atoms with Crippen LogP contribution >= 0.6 is 11.6 Å². The van der Waals surface area contributed by atoms with Crippen molar-refractivity contribution in [2.24, 2.45) is 24.6 Å². The molecule has 1 aliphatic rings. The van der Waals surface area contributed by atoms with Crippen LogP contribution in [0.4, 0.5) is 0 Å². The molecule has 3 rings (SSSR count). The molecule has 3 heteroatoms. The Kier molecular flexibility index (Phi) is 4.28. The van der Waals surface area contributed by atoms with E-state index in [-0.39, 0.29) is 0 Å². The van der Waals surface area contributed by atoms with Crippen molar-refractivity contribution in [1.82, 2.24) is 4.57 Å². The molecule has 1 aliphatic carbocycles. The number of rotatable bonds is 3. The zero-order valence-corrected chi connectivity index (χ0v) is 13.7. The highest BCUT2D eigenvalue weighted by atomic mass is 35.5. The molecular formula is C18H25ClN2. The molecule has 2 N–H and O–H groups in total. The molecule has 3 unspecified atom stereocenters. The Morgan fingerprint density at radius 2 is 2.19 bits per heavy atom. The van der Waals surface area contributed by atoms with Crippen LogP contribution in [0.25, 0.3) is 10.9 Å². The highest BCUT2D eigenvalue weighted by Crippen LogP contribution is 2.40. The van der Waals surface area contributed by atoms with Gasteiger partial charge in [0.05, 0.1) is 0 Å². The highest BCUT2D eigenvalue weighted by Gasteiger charge is 2.28. The summed E-state index contributed by atoms with van der Waals surface area (Å²) in [6.45, 7) is 3.11. The third-order valence-corrected chi connectivity index (χ3v) is 5.42. The zero-order chi connectivity index (χ0) is 15.0. The van der Waals surface area contributed by atoms with Gasteiger partial charge in [-0.05, 0) is 48.9 Å². The van der Waals surface area contributed by atoms with Gasteiger partial charge in [0.15, 0.2) is 0 Å². The van der Waals surface area contributed by atoms with Crippen LogP contribution in [0.2, 0.25) is 5.02 Å². The van der Waals surface area contributed by atoms with Crippen molar-refractivity contribution in [2.75, 3.05) is 6.54 Å². The fourth-order valence-electron chi connectivity index (χ4n) is 4.10. The van der Waals surface area contributed by atoms with Crippen LogP contribution in [0.15, 0.2) is 24.4 Å². The molecule has 2 nitrogen and oxygen atoms in total. The molecule has 1 aromatic carbocycles. The predicted octanol–water partition coefficient (Wildman–Crippen LogP) is 4.70. The van der Waals surface area contributed by atoms with Gasteiger partial charge in [0, 0.05) is 35.1 Å². The number of aryl methyl sites for hydroxylation is 1. The summed E-state index contributed by atoms with van der Waals surface area (Å²) in [5.74, 6) is 2.03. The minimum absolute atomic E-state index is 0.470. The van der Waals surface area contributed by atoms with Crippen molar-refractivity contribution in [1.29, 1.82) is 0 Å². The second kappa shape index (κ2) is 6.02. The number of nitrogens with two attached hydrogens (primary N) is 1. The molecule has 0 radical (unpaired) electrons. The fourth-order valence-corrected chi connectivity index (χ4v) is 4.27. The quantitative estimate of drug-likeness (QED) is 0.875. The van der Waals surface area contributed by atoms with Gasteiger partial charge in [-0.1, -0.05) is 37.4 Å². The normalized spacial score (nSPS) is 24.4. The minimum Gasteiger partial charge on any atom is -0.350 e. The molecule has 1 fully saturated rings. The number of aromatic nitrogens is 1. The maximum atomic E-state index is 6.18. The molecule has 0 bridgehead atoms. The van der Waals surface area contributed by atoms with Crippen LogP contribution in [-0.2, 0) is 7.05 Å². The number of hydrogen-bond donors (Lipinski definition) is 1. The van der Waals surface area contributed by atoms with Gasteiger partial charge in [0.2, 0.25) is 0 Å². The van der Waals surface area contributed by atoms with Gasteiger partial charge in [-0.3, -0.25) is 0 Å². The Labute approximate surface area is 132 Å². The lowest BCUT2D eigenvalue weighted by Crippen LogP contribution is -2.25. The lowest BCUT2D eigenvalue weighted by molar-refractivity contribution is 0.248. The predicted molar refractivity (Wildman–Crippen MR) is 90.8 cm³/mol. The number of benzene rings is 1. The number of halogens is 1. The van der Waals surface area contributed by atoms with E-state index in [1.807, 2.05) is 6.07 Å². The van der Waals surface area contributed by atoms with Crippen molar-refractivity contribution in [2.45, 2.75) is 38.5 Å². The van der Waals surface area contributed by atoms with E-state index < -0.39 is 0 Å². The number of nitrogens with zero attached hydrogens (tertiary/aromatic N) is 1. The number of hydrogen-bond acceptors (Lipinski definition) is 1. The fraction of sp³-hybridized carbons (Fsp3) is 0.556. The monoisotopic (exact) mass is 304 g/mol. The van der Waals surface area contributed by atoms with Gasteiger partial charge in [-0.2, -0.15) is 0 Å². The van der Waals surface area contributed by atoms with Crippen LogP contribution in [0, 0.1) is 11.8 Å². The summed E-state index contributed by atoms with van der Waals surface area (Å²) in [5.41, 5.74) is 8.79. The highest BCUT2D eigenvalue weighted by molar-refractivity contribution is 6.31. The van der Waals surface area contributed by atoms with Gasteiger partial charge in [-0.15, -0.1) is 0 Å². The topological polar surface area (TPSA) is 30.9 Å². The molecule has 0 saturated heterocycles. The maximum absolute atomic E-state index is 6.18. The molecule has 21 heavy (non-hydrogen) atoms. The van der Waals surface area contributed by atoms with Crippen molar-refractivity contribution < 1.29 is 0 Å². The summed E-state index contributed by atoms with van der Waals surface area (Å²) in [5, 5.41) is 2.11. The summed E-state index contributed by atoms with van der Waals surface area (Å²) >= 11 is 6.14. The van der Waals surface area contributed by atoms with E-state index in [0.717, 1.165) is 23.4 Å². The van der Waals surface area contributed by atoms with E-state index in [0.29, 0.717) is 5.92 Å². The maximum Gasteiger partial charge on any atom is 0.0495 e. The Bertz CT molecular complexity index is 631. The van der Waals surface area contributed by atoms with Crippen molar-refractivity contribution >= 4 is 22.5 Å². The zero-order valence-electron chi connectivity index (χ0n) is 13.0. The first kappa shape index (κ1) is 14.9. The van der Waals surface area contributed by atoms with Gasteiger partial charge < -0.3 is 10.3 Å². The molecular weight excluding hydrogens is 280 g/mol. The Morgan fingerprint density at radius 3 is 2.90 bits per heavy atom. The SMILES string of the molecule is CC1CCCC(C(CN)c2cn(C)c3cc(Cl)ccc23)C1. The van der Waals surface area contributed by atoms with E-state index >= 15 is 0 Å². The van der Waals surface area contributed by atoms with E-state index in [4.69, 9.17) is 17.3 Å². The number of fused-ring (bicyclic) bond motifs is 1. The summed E-state index contributed by atoms with van der Waals surface area (Å²) in [6, 6.07) is 6.20. The van der Waals surface area contributed by atoms with Gasteiger partial charge in [-0.25, -0.2) is 0 Å². The summed E-state index contributed by atoms with van der Waals surface area (Å²) < 4.78 is 2.19. The smallest absolute Gasteiger partial charge is 0.0495 e. The largest absolute Gasteiger partial charge is 0.350 e. The lowest BCUT2D eigenvalue weighted by atomic mass is 9.73.